The molecule has 0 saturated heterocycles. The predicted molar refractivity (Wildman–Crippen MR) is 65.1 cm³/mol. The lowest BCUT2D eigenvalue weighted by Crippen LogP contribution is -2.36. The van der Waals surface area contributed by atoms with E-state index in [1.165, 1.54) is 0 Å². The molecule has 2 unspecified atom stereocenters. The molecule has 1 aliphatic carbocycles. The van der Waals surface area contributed by atoms with Gasteiger partial charge < -0.3 is 9.59 Å². The number of carbonyl (C=O) groups is 2. The summed E-state index contributed by atoms with van der Waals surface area (Å²) in [7, 11) is 0. The van der Waals surface area contributed by atoms with Crippen LogP contribution in [-0.4, -0.2) is 12.6 Å². The smallest absolute Gasteiger partial charge is 0.125 e. The number of aldehydes is 2. The fourth-order valence-electron chi connectivity index (χ4n) is 2.73. The van der Waals surface area contributed by atoms with Crippen LogP contribution in [-0.2, 0) is 9.59 Å². The van der Waals surface area contributed by atoms with Crippen molar-refractivity contribution < 1.29 is 9.59 Å². The Bertz CT molecular complexity index is 240. The van der Waals surface area contributed by atoms with Crippen molar-refractivity contribution in [3.8, 4) is 0 Å². The van der Waals surface area contributed by atoms with E-state index in [2.05, 4.69) is 0 Å². The maximum Gasteiger partial charge on any atom is 0.125 e. The predicted octanol–water partition coefficient (Wildman–Crippen LogP) is 3.24. The van der Waals surface area contributed by atoms with Crippen LogP contribution in [0.15, 0.2) is 0 Å². The molecule has 0 spiro atoms. The molecule has 1 aliphatic rings. The van der Waals surface area contributed by atoms with Crippen molar-refractivity contribution in [3.05, 3.63) is 0 Å². The molecule has 2 heteroatoms. The molecule has 92 valence electrons. The third-order valence-corrected chi connectivity index (χ3v) is 4.39. The Morgan fingerprint density at radius 1 is 0.875 bits per heavy atom. The Labute approximate surface area is 98.8 Å². The monoisotopic (exact) mass is 224 g/mol. The fraction of sp³-hybridized carbons (Fsp3) is 0.857. The summed E-state index contributed by atoms with van der Waals surface area (Å²) in [5, 5.41) is 0. The third kappa shape index (κ3) is 2.72. The second kappa shape index (κ2) is 4.68. The molecule has 0 aromatic heterocycles. The fourth-order valence-corrected chi connectivity index (χ4v) is 2.73. The Morgan fingerprint density at radius 2 is 1.25 bits per heavy atom. The van der Waals surface area contributed by atoms with Gasteiger partial charge in [-0.05, 0) is 31.1 Å². The molecule has 0 heterocycles. The van der Waals surface area contributed by atoms with Gasteiger partial charge in [0.2, 0.25) is 0 Å². The highest BCUT2D eigenvalue weighted by atomic mass is 16.1. The Balaban J connectivity index is 2.75. The molecule has 2 nitrogen and oxygen atoms in total. The summed E-state index contributed by atoms with van der Waals surface area (Å²) in [6.07, 6.45) is 6.55. The molecule has 0 aromatic carbocycles. The lowest BCUT2D eigenvalue weighted by molar-refractivity contribution is -0.120. The lowest BCUT2D eigenvalue weighted by Gasteiger charge is -2.41. The van der Waals surface area contributed by atoms with Crippen molar-refractivity contribution in [1.29, 1.82) is 0 Å². The van der Waals surface area contributed by atoms with Gasteiger partial charge in [0, 0.05) is 10.8 Å². The van der Waals surface area contributed by atoms with Crippen molar-refractivity contribution in [2.45, 2.75) is 53.4 Å². The van der Waals surface area contributed by atoms with Crippen LogP contribution in [0.25, 0.3) is 0 Å². The van der Waals surface area contributed by atoms with Crippen LogP contribution in [0.3, 0.4) is 0 Å². The molecule has 1 rings (SSSR count). The van der Waals surface area contributed by atoms with Crippen LogP contribution in [0.5, 0.6) is 0 Å². The molecule has 16 heavy (non-hydrogen) atoms. The van der Waals surface area contributed by atoms with Gasteiger partial charge in [0.25, 0.3) is 0 Å². The van der Waals surface area contributed by atoms with Gasteiger partial charge in [0.1, 0.15) is 12.6 Å². The van der Waals surface area contributed by atoms with Gasteiger partial charge in [0.05, 0.1) is 0 Å². The van der Waals surface area contributed by atoms with E-state index in [1.54, 1.807) is 0 Å². The zero-order valence-corrected chi connectivity index (χ0v) is 11.0. The standard InChI is InChI=1S/C14H24O2/c1-13(2,9-15)11-6-5-7-12(8-11)14(3,4)10-16/h9-12H,5-8H2,1-4H3. The summed E-state index contributed by atoms with van der Waals surface area (Å²) in [6, 6.07) is 0. The first-order valence-corrected chi connectivity index (χ1v) is 6.26. The second-order valence-corrected chi connectivity index (χ2v) is 6.44. The first-order valence-electron chi connectivity index (χ1n) is 6.26. The summed E-state index contributed by atoms with van der Waals surface area (Å²) in [5.74, 6) is 0.867. The average molecular weight is 224 g/mol. The minimum Gasteiger partial charge on any atom is -0.303 e. The molecule has 0 aromatic rings. The van der Waals surface area contributed by atoms with Gasteiger partial charge in [-0.25, -0.2) is 0 Å². The van der Waals surface area contributed by atoms with E-state index >= 15 is 0 Å². The van der Waals surface area contributed by atoms with Crippen LogP contribution >= 0.6 is 0 Å². The van der Waals surface area contributed by atoms with Crippen molar-refractivity contribution in [2.75, 3.05) is 0 Å². The average Bonchev–Trinajstić information content (AvgIpc) is 2.29. The molecule has 2 atom stereocenters. The Morgan fingerprint density at radius 3 is 1.56 bits per heavy atom. The summed E-state index contributed by atoms with van der Waals surface area (Å²) >= 11 is 0. The van der Waals surface area contributed by atoms with Gasteiger partial charge in [0.15, 0.2) is 0 Å². The van der Waals surface area contributed by atoms with Crippen molar-refractivity contribution in [1.82, 2.24) is 0 Å². The zero-order valence-electron chi connectivity index (χ0n) is 11.0. The zero-order chi connectivity index (χ0) is 12.4. The maximum atomic E-state index is 11.1. The van der Waals surface area contributed by atoms with Crippen LogP contribution in [0.2, 0.25) is 0 Å². The minimum absolute atomic E-state index is 0.238. The number of hydrogen-bond donors (Lipinski definition) is 0. The first kappa shape index (κ1) is 13.4. The van der Waals surface area contributed by atoms with Gasteiger partial charge in [-0.3, -0.25) is 0 Å². The van der Waals surface area contributed by atoms with E-state index in [1.807, 2.05) is 27.7 Å². The van der Waals surface area contributed by atoms with Crippen molar-refractivity contribution in [3.63, 3.8) is 0 Å². The van der Waals surface area contributed by atoms with E-state index in [-0.39, 0.29) is 10.8 Å². The number of carbonyl (C=O) groups excluding carboxylic acids is 2. The van der Waals surface area contributed by atoms with Crippen LogP contribution < -0.4 is 0 Å². The molecule has 0 radical (unpaired) electrons. The van der Waals surface area contributed by atoms with E-state index in [0.29, 0.717) is 11.8 Å². The van der Waals surface area contributed by atoms with E-state index in [0.717, 1.165) is 38.3 Å². The van der Waals surface area contributed by atoms with Gasteiger partial charge in [-0.2, -0.15) is 0 Å². The molecule has 0 N–H and O–H groups in total. The third-order valence-electron chi connectivity index (χ3n) is 4.39. The summed E-state index contributed by atoms with van der Waals surface area (Å²) in [6.45, 7) is 8.06. The quantitative estimate of drug-likeness (QED) is 0.687. The van der Waals surface area contributed by atoms with Crippen molar-refractivity contribution in [2.24, 2.45) is 22.7 Å². The maximum absolute atomic E-state index is 11.1. The molecule has 1 fully saturated rings. The number of hydrogen-bond acceptors (Lipinski definition) is 2. The van der Waals surface area contributed by atoms with E-state index < -0.39 is 0 Å². The van der Waals surface area contributed by atoms with Crippen molar-refractivity contribution >= 4 is 12.6 Å². The summed E-state index contributed by atoms with van der Waals surface area (Å²) in [4.78, 5) is 22.2. The SMILES string of the molecule is CC(C)(C=O)C1CCCC(C(C)(C)C=O)C1. The molecular formula is C14H24O2. The lowest BCUT2D eigenvalue weighted by atomic mass is 9.63. The Kier molecular flexibility index (Phi) is 3.92. The summed E-state index contributed by atoms with van der Waals surface area (Å²) < 4.78 is 0. The molecule has 0 bridgehead atoms. The van der Waals surface area contributed by atoms with E-state index in [9.17, 15) is 9.59 Å². The van der Waals surface area contributed by atoms with Crippen LogP contribution in [0.1, 0.15) is 53.4 Å². The minimum atomic E-state index is -0.238. The summed E-state index contributed by atoms with van der Waals surface area (Å²) in [5.41, 5.74) is -0.477. The highest BCUT2D eigenvalue weighted by Gasteiger charge is 2.39. The topological polar surface area (TPSA) is 34.1 Å². The highest BCUT2D eigenvalue weighted by molar-refractivity contribution is 5.59. The first-order chi connectivity index (χ1) is 7.33. The highest BCUT2D eigenvalue weighted by Crippen LogP contribution is 2.44. The van der Waals surface area contributed by atoms with Crippen LogP contribution in [0, 0.1) is 22.7 Å². The van der Waals surface area contributed by atoms with Gasteiger partial charge in [-0.1, -0.05) is 34.1 Å². The largest absolute Gasteiger partial charge is 0.303 e. The number of rotatable bonds is 4. The van der Waals surface area contributed by atoms with Gasteiger partial charge in [-0.15, -0.1) is 0 Å². The van der Waals surface area contributed by atoms with Crippen LogP contribution in [0.4, 0.5) is 0 Å². The Hall–Kier alpha value is -0.660. The molecule has 0 aliphatic heterocycles. The van der Waals surface area contributed by atoms with Gasteiger partial charge >= 0.3 is 0 Å². The van der Waals surface area contributed by atoms with E-state index in [4.69, 9.17) is 0 Å². The second-order valence-electron chi connectivity index (χ2n) is 6.44. The molecular weight excluding hydrogens is 200 g/mol. The molecule has 0 amide bonds. The normalized spacial score (nSPS) is 27.5. The molecule has 1 saturated carbocycles.